The van der Waals surface area contributed by atoms with E-state index in [0.717, 1.165) is 16.6 Å². The molecule has 0 aliphatic carbocycles. The number of pyridine rings is 1. The first kappa shape index (κ1) is 37.7. The molecule has 1 saturated heterocycles. The molecule has 2 amide bonds. The Morgan fingerprint density at radius 3 is 2.22 bits per heavy atom. The van der Waals surface area contributed by atoms with E-state index in [9.17, 15) is 27.4 Å². The van der Waals surface area contributed by atoms with Crippen LogP contribution in [0.2, 0.25) is 0 Å². The molecule has 0 bridgehead atoms. The van der Waals surface area contributed by atoms with Crippen molar-refractivity contribution in [1.82, 2.24) is 10.0 Å². The maximum absolute atomic E-state index is 11.7. The van der Waals surface area contributed by atoms with Crippen molar-refractivity contribution in [3.8, 4) is 17.3 Å². The summed E-state index contributed by atoms with van der Waals surface area (Å²) in [7, 11) is -4.29. The predicted molar refractivity (Wildman–Crippen MR) is 177 cm³/mol. The van der Waals surface area contributed by atoms with Crippen LogP contribution in [0, 0.1) is 0 Å². The van der Waals surface area contributed by atoms with Gasteiger partial charge in [0.25, 0.3) is 23.4 Å². The predicted octanol–water partition coefficient (Wildman–Crippen LogP) is 2.31. The van der Waals surface area contributed by atoms with E-state index in [-0.39, 0.29) is 45.5 Å². The van der Waals surface area contributed by atoms with Crippen molar-refractivity contribution in [2.75, 3.05) is 65.2 Å². The Hall–Kier alpha value is -4.52. The second kappa shape index (κ2) is 18.6. The molecule has 274 valence electrons. The number of imide groups is 1. The molecule has 2 aromatic heterocycles. The fourth-order valence-electron chi connectivity index (χ4n) is 5.10. The van der Waals surface area contributed by atoms with Crippen molar-refractivity contribution in [2.45, 2.75) is 32.2 Å². The molecule has 5 rings (SSSR count). The summed E-state index contributed by atoms with van der Waals surface area (Å²) < 4.78 is 68.5. The topological polar surface area (TPSA) is 197 Å². The summed E-state index contributed by atoms with van der Waals surface area (Å²) in [5.41, 5.74) is 2.85. The number of oxazole rings is 1. The molecule has 51 heavy (non-hydrogen) atoms. The highest BCUT2D eigenvalue weighted by Gasteiger charge is 2.32. The summed E-state index contributed by atoms with van der Waals surface area (Å²) >= 11 is 0. The summed E-state index contributed by atoms with van der Waals surface area (Å²) in [5.74, 6) is -1.37. The lowest BCUT2D eigenvalue weighted by Crippen LogP contribution is -2.39. The van der Waals surface area contributed by atoms with Crippen LogP contribution in [0.4, 0.5) is 0 Å². The van der Waals surface area contributed by atoms with Crippen LogP contribution in [-0.4, -0.2) is 106 Å². The molecular weight excluding hydrogens is 690 g/mol. The van der Waals surface area contributed by atoms with Crippen LogP contribution in [0.5, 0.6) is 5.75 Å². The molecular formula is C34H39N3O13S. The van der Waals surface area contributed by atoms with Gasteiger partial charge < -0.3 is 37.5 Å². The largest absolute Gasteiger partial charge is 0.748 e. The first-order valence-corrected chi connectivity index (χ1v) is 18.0. The Kier molecular flexibility index (Phi) is 13.8. The first-order valence-electron chi connectivity index (χ1n) is 16.4. The van der Waals surface area contributed by atoms with Crippen LogP contribution in [0.3, 0.4) is 0 Å². The maximum Gasteiger partial charge on any atom is 0.335 e. The lowest BCUT2D eigenvalue weighted by molar-refractivity contribution is -0.663. The van der Waals surface area contributed by atoms with E-state index in [0.29, 0.717) is 74.0 Å². The van der Waals surface area contributed by atoms with Crippen LogP contribution in [-0.2, 0) is 54.8 Å². The maximum atomic E-state index is 11.7. The molecule has 1 fully saturated rings. The van der Waals surface area contributed by atoms with Crippen molar-refractivity contribution >= 4 is 49.9 Å². The van der Waals surface area contributed by atoms with Gasteiger partial charge in [-0.2, -0.15) is 4.57 Å². The van der Waals surface area contributed by atoms with Crippen molar-refractivity contribution in [3.05, 3.63) is 54.6 Å². The highest BCUT2D eigenvalue weighted by molar-refractivity contribution is 7.85. The number of carbonyl (C=O) groups is 3. The Morgan fingerprint density at radius 2 is 1.51 bits per heavy atom. The number of benzene rings is 2. The van der Waals surface area contributed by atoms with Crippen molar-refractivity contribution in [2.24, 2.45) is 0 Å². The van der Waals surface area contributed by atoms with Gasteiger partial charge in [-0.1, -0.05) is 12.1 Å². The zero-order valence-electron chi connectivity index (χ0n) is 27.9. The number of amides is 2. The molecule has 1 aliphatic rings. The number of nitrogens with zero attached hydrogens (tertiary/aromatic N) is 3. The van der Waals surface area contributed by atoms with Crippen LogP contribution < -0.4 is 9.30 Å². The Labute approximate surface area is 293 Å². The number of carbonyl (C=O) groups excluding carboxylic acids is 3. The van der Waals surface area contributed by atoms with E-state index in [1.165, 1.54) is 0 Å². The quantitative estimate of drug-likeness (QED) is 0.0494. The van der Waals surface area contributed by atoms with E-state index in [1.807, 2.05) is 36.4 Å². The SMILES string of the molecule is O=C(CCOCCOCCOCCOCC[n+]1c(-c2nc3ccc(OCCCS(=O)(=O)[O-])cc3o2)ccc2ccccc21)ON1C(=O)CCC1=O. The molecule has 2 aromatic carbocycles. The number of hydrogen-bond acceptors (Lipinski definition) is 14. The van der Waals surface area contributed by atoms with E-state index in [2.05, 4.69) is 9.55 Å². The van der Waals surface area contributed by atoms with Crippen molar-refractivity contribution in [3.63, 3.8) is 0 Å². The highest BCUT2D eigenvalue weighted by Crippen LogP contribution is 2.27. The van der Waals surface area contributed by atoms with E-state index >= 15 is 0 Å². The number of ether oxygens (including phenoxy) is 5. The van der Waals surface area contributed by atoms with E-state index < -0.39 is 33.7 Å². The van der Waals surface area contributed by atoms with Crippen LogP contribution in [0.25, 0.3) is 33.6 Å². The van der Waals surface area contributed by atoms with Gasteiger partial charge in [-0.3, -0.25) is 9.59 Å². The second-order valence-corrected chi connectivity index (χ2v) is 12.8. The number of hydroxylamine groups is 2. The third-order valence-electron chi connectivity index (χ3n) is 7.55. The fraction of sp³-hybridized carbons (Fsp3) is 0.441. The number of aromatic nitrogens is 2. The lowest BCUT2D eigenvalue weighted by Gasteiger charge is -2.12. The number of hydrogen-bond donors (Lipinski definition) is 0. The second-order valence-electron chi connectivity index (χ2n) is 11.3. The summed E-state index contributed by atoms with van der Waals surface area (Å²) in [5, 5.41) is 1.55. The standard InChI is InChI=1S/C34H39N3O13S/c38-31-10-11-32(39)37(31)50-33(40)12-15-44-17-19-46-21-22-47-20-18-45-16-13-36-28-5-2-1-4-25(28)6-9-29(36)34-35-27-8-7-26(24-30(27)49-34)48-14-3-23-51(41,42)43/h1-2,4-9,24H,3,10-23H2. The first-order chi connectivity index (χ1) is 24.7. The molecule has 0 spiro atoms. The van der Waals surface area contributed by atoms with Gasteiger partial charge in [0.15, 0.2) is 12.1 Å². The zero-order chi connectivity index (χ0) is 36.1. The summed E-state index contributed by atoms with van der Waals surface area (Å²) in [4.78, 5) is 44.1. The molecule has 0 N–H and O–H groups in total. The van der Waals surface area contributed by atoms with Gasteiger partial charge in [0.1, 0.15) is 17.9 Å². The van der Waals surface area contributed by atoms with Gasteiger partial charge in [0.05, 0.1) is 69.4 Å². The van der Waals surface area contributed by atoms with Gasteiger partial charge in [0.2, 0.25) is 5.52 Å². The average molecular weight is 730 g/mol. The van der Waals surface area contributed by atoms with Gasteiger partial charge in [0, 0.05) is 42.2 Å². The summed E-state index contributed by atoms with van der Waals surface area (Å²) in [6, 6.07) is 17.0. The molecule has 0 saturated carbocycles. The summed E-state index contributed by atoms with van der Waals surface area (Å²) in [6.45, 7) is 3.08. The molecule has 0 unspecified atom stereocenters. The fourth-order valence-corrected chi connectivity index (χ4v) is 5.57. The van der Waals surface area contributed by atoms with Gasteiger partial charge in [-0.25, -0.2) is 18.2 Å². The molecule has 1 aliphatic heterocycles. The number of fused-ring (bicyclic) bond motifs is 2. The van der Waals surface area contributed by atoms with Crippen LogP contribution in [0.1, 0.15) is 25.7 Å². The summed E-state index contributed by atoms with van der Waals surface area (Å²) in [6.07, 6.45) is 0.0764. The van der Waals surface area contributed by atoms with Gasteiger partial charge in [-0.05, 0) is 30.7 Å². The minimum absolute atomic E-state index is 0.0436. The van der Waals surface area contributed by atoms with E-state index in [1.54, 1.807) is 18.2 Å². The molecule has 0 atom stereocenters. The molecule has 16 nitrogen and oxygen atoms in total. The Balaban J connectivity index is 0.996. The zero-order valence-corrected chi connectivity index (χ0v) is 28.7. The average Bonchev–Trinajstić information content (AvgIpc) is 3.67. The number of para-hydroxylation sites is 1. The molecule has 0 radical (unpaired) electrons. The van der Waals surface area contributed by atoms with Crippen molar-refractivity contribution < 1.29 is 64.9 Å². The molecule has 4 aromatic rings. The minimum atomic E-state index is -4.29. The molecule has 17 heteroatoms. The van der Waals surface area contributed by atoms with Crippen LogP contribution >= 0.6 is 0 Å². The van der Waals surface area contributed by atoms with Crippen molar-refractivity contribution in [1.29, 1.82) is 0 Å². The minimum Gasteiger partial charge on any atom is -0.748 e. The third-order valence-corrected chi connectivity index (χ3v) is 8.34. The third kappa shape index (κ3) is 11.5. The van der Waals surface area contributed by atoms with Gasteiger partial charge in [-0.15, -0.1) is 5.06 Å². The Bertz CT molecular complexity index is 1900. The Morgan fingerprint density at radius 1 is 0.843 bits per heavy atom. The lowest BCUT2D eigenvalue weighted by atomic mass is 10.2. The van der Waals surface area contributed by atoms with E-state index in [4.69, 9.17) is 32.9 Å². The normalized spacial score (nSPS) is 13.5. The van der Waals surface area contributed by atoms with Gasteiger partial charge >= 0.3 is 5.97 Å². The van der Waals surface area contributed by atoms with Crippen LogP contribution in [0.15, 0.2) is 59.0 Å². The monoisotopic (exact) mass is 729 g/mol. The highest BCUT2D eigenvalue weighted by atomic mass is 32.2. The molecule has 3 heterocycles. The number of rotatable bonds is 22. The smallest absolute Gasteiger partial charge is 0.335 e.